The Hall–Kier alpha value is -4.51. The summed E-state index contributed by atoms with van der Waals surface area (Å²) in [6.07, 6.45) is 11.1. The number of benzene rings is 3. The van der Waals surface area contributed by atoms with Gasteiger partial charge in [-0.05, 0) is 66.3 Å². The summed E-state index contributed by atoms with van der Waals surface area (Å²) in [7, 11) is 0. The van der Waals surface area contributed by atoms with E-state index in [1.54, 1.807) is 0 Å². The van der Waals surface area contributed by atoms with Gasteiger partial charge in [-0.25, -0.2) is 0 Å². The molecule has 1 aliphatic carbocycles. The minimum atomic E-state index is -0.239. The molecule has 0 saturated heterocycles. The lowest BCUT2D eigenvalue weighted by Gasteiger charge is -2.30. The first-order chi connectivity index (χ1) is 19.7. The van der Waals surface area contributed by atoms with Crippen LogP contribution < -0.4 is 4.74 Å². The predicted octanol–water partition coefficient (Wildman–Crippen LogP) is 7.22. The normalized spacial score (nSPS) is 14.6. The van der Waals surface area contributed by atoms with Crippen molar-refractivity contribution in [2.75, 3.05) is 19.8 Å². The molecule has 0 radical (unpaired) electrons. The van der Waals surface area contributed by atoms with Gasteiger partial charge in [-0.3, -0.25) is 4.79 Å². The van der Waals surface area contributed by atoms with E-state index in [9.17, 15) is 4.79 Å². The molecule has 0 atom stereocenters. The van der Waals surface area contributed by atoms with Crippen LogP contribution >= 0.6 is 0 Å². The molecular weight excluding hydrogens is 496 g/mol. The van der Waals surface area contributed by atoms with Crippen LogP contribution in [0.5, 0.6) is 5.75 Å². The average molecular weight is 531 g/mol. The van der Waals surface area contributed by atoms with Gasteiger partial charge < -0.3 is 18.9 Å². The Labute approximate surface area is 235 Å². The zero-order chi connectivity index (χ0) is 27.3. The molecule has 5 nitrogen and oxygen atoms in total. The molecule has 2 aliphatic rings. The monoisotopic (exact) mass is 530 g/mol. The number of carbonyl (C=O) groups is 1. The van der Waals surface area contributed by atoms with Crippen molar-refractivity contribution in [2.45, 2.75) is 32.2 Å². The summed E-state index contributed by atoms with van der Waals surface area (Å²) >= 11 is 0. The number of esters is 1. The molecule has 5 heteroatoms. The quantitative estimate of drug-likeness (QED) is 0.203. The van der Waals surface area contributed by atoms with Crippen LogP contribution in [0.3, 0.4) is 0 Å². The molecule has 0 bridgehead atoms. The van der Waals surface area contributed by atoms with Gasteiger partial charge in [0.1, 0.15) is 18.9 Å². The van der Waals surface area contributed by atoms with Crippen LogP contribution in [-0.2, 0) is 16.1 Å². The Balaban J connectivity index is 1.23. The van der Waals surface area contributed by atoms with Gasteiger partial charge >= 0.3 is 5.97 Å². The molecule has 6 rings (SSSR count). The highest BCUT2D eigenvalue weighted by Crippen LogP contribution is 2.39. The molecule has 1 saturated carbocycles. The molecule has 1 fully saturated rings. The summed E-state index contributed by atoms with van der Waals surface area (Å²) in [5.41, 5.74) is 7.58. The number of fused-ring (bicyclic) bond motifs is 1. The van der Waals surface area contributed by atoms with Crippen LogP contribution in [0.15, 0.2) is 126 Å². The second-order valence-electron chi connectivity index (χ2n) is 10.2. The van der Waals surface area contributed by atoms with Gasteiger partial charge in [-0.15, -0.1) is 0 Å². The summed E-state index contributed by atoms with van der Waals surface area (Å²) in [5.74, 6) is 0.738. The van der Waals surface area contributed by atoms with Crippen molar-refractivity contribution in [1.82, 2.24) is 9.47 Å². The molecule has 4 aromatic rings. The topological polar surface area (TPSA) is 43.7 Å². The van der Waals surface area contributed by atoms with Crippen molar-refractivity contribution < 1.29 is 14.3 Å². The molecule has 1 aromatic heterocycles. The summed E-state index contributed by atoms with van der Waals surface area (Å²) in [4.78, 5) is 14.4. The van der Waals surface area contributed by atoms with E-state index in [2.05, 4.69) is 83.9 Å². The van der Waals surface area contributed by atoms with E-state index in [1.807, 2.05) is 42.0 Å². The van der Waals surface area contributed by atoms with E-state index in [-0.39, 0.29) is 18.4 Å². The maximum atomic E-state index is 12.0. The number of hydrogen-bond acceptors (Lipinski definition) is 4. The van der Waals surface area contributed by atoms with E-state index in [4.69, 9.17) is 9.47 Å². The highest BCUT2D eigenvalue weighted by Gasteiger charge is 2.25. The maximum Gasteiger partial charge on any atom is 0.325 e. The smallest absolute Gasteiger partial charge is 0.325 e. The molecule has 202 valence electrons. The lowest BCUT2D eigenvalue weighted by molar-refractivity contribution is -0.143. The Kier molecular flexibility index (Phi) is 7.53. The lowest BCUT2D eigenvalue weighted by atomic mass is 9.84. The number of allylic oxidation sites excluding steroid dienone is 4. The average Bonchev–Trinajstić information content (AvgIpc) is 3.75. The fourth-order valence-electron chi connectivity index (χ4n) is 5.49. The zero-order valence-electron chi connectivity index (χ0n) is 22.8. The van der Waals surface area contributed by atoms with Crippen molar-refractivity contribution in [3.05, 3.63) is 137 Å². The Morgan fingerprint density at radius 2 is 1.60 bits per heavy atom. The Morgan fingerprint density at radius 3 is 2.27 bits per heavy atom. The second-order valence-corrected chi connectivity index (χ2v) is 10.2. The van der Waals surface area contributed by atoms with Gasteiger partial charge in [0.2, 0.25) is 0 Å². The number of rotatable bonds is 10. The molecule has 0 unspecified atom stereocenters. The third-order valence-corrected chi connectivity index (χ3v) is 7.48. The summed E-state index contributed by atoms with van der Waals surface area (Å²) in [6.45, 7) is 3.67. The standard InChI is InChI=1S/C35H34N2O3/c1-2-39-34(38)25-36-21-20-30-32(36)14-9-15-33(30)40-23-22-37-24-29(18-19-31(37)26-16-17-26)35(27-10-5-3-6-11-27)28-12-7-4-8-13-28/h3-15,18-21,24,35H,2,16-17,22-23,25H2,1H3. The molecular formula is C35H34N2O3. The van der Waals surface area contributed by atoms with E-state index in [0.29, 0.717) is 13.2 Å². The summed E-state index contributed by atoms with van der Waals surface area (Å²) < 4.78 is 13.4. The number of aromatic nitrogens is 1. The third kappa shape index (κ3) is 5.59. The lowest BCUT2D eigenvalue weighted by Crippen LogP contribution is -2.25. The molecule has 0 N–H and O–H groups in total. The van der Waals surface area contributed by atoms with Gasteiger partial charge in [-0.1, -0.05) is 72.8 Å². The minimum absolute atomic E-state index is 0.153. The number of hydrogen-bond donors (Lipinski definition) is 0. The predicted molar refractivity (Wildman–Crippen MR) is 159 cm³/mol. The van der Waals surface area contributed by atoms with Crippen LogP contribution in [0.4, 0.5) is 0 Å². The highest BCUT2D eigenvalue weighted by molar-refractivity contribution is 5.87. The highest BCUT2D eigenvalue weighted by atomic mass is 16.5. The SMILES string of the molecule is CCOC(=O)Cn1ccc2c(OCCN3C=C(C(c4ccccc4)c4ccccc4)C=CC3=C3CC3)cccc21. The third-order valence-electron chi connectivity index (χ3n) is 7.48. The van der Waals surface area contributed by atoms with Gasteiger partial charge in [0.15, 0.2) is 0 Å². The summed E-state index contributed by atoms with van der Waals surface area (Å²) in [5, 5.41) is 0.996. The van der Waals surface area contributed by atoms with E-state index >= 15 is 0 Å². The maximum absolute atomic E-state index is 12.0. The van der Waals surface area contributed by atoms with E-state index < -0.39 is 0 Å². The van der Waals surface area contributed by atoms with Gasteiger partial charge in [0, 0.05) is 29.4 Å². The van der Waals surface area contributed by atoms with Crippen LogP contribution in [0, 0.1) is 0 Å². The Morgan fingerprint density at radius 1 is 0.875 bits per heavy atom. The van der Waals surface area contributed by atoms with Crippen LogP contribution in [0.2, 0.25) is 0 Å². The molecule has 1 aliphatic heterocycles. The van der Waals surface area contributed by atoms with Crippen molar-refractivity contribution in [1.29, 1.82) is 0 Å². The molecule has 2 heterocycles. The van der Waals surface area contributed by atoms with Crippen LogP contribution in [0.25, 0.3) is 10.9 Å². The Bertz CT molecular complexity index is 1540. The largest absolute Gasteiger partial charge is 0.491 e. The van der Waals surface area contributed by atoms with Crippen LogP contribution in [0.1, 0.15) is 36.8 Å². The first-order valence-corrected chi connectivity index (χ1v) is 14.1. The van der Waals surface area contributed by atoms with Gasteiger partial charge in [0.25, 0.3) is 0 Å². The minimum Gasteiger partial charge on any atom is -0.491 e. The molecule has 3 aromatic carbocycles. The van der Waals surface area contributed by atoms with Crippen molar-refractivity contribution >= 4 is 16.9 Å². The molecule has 0 amide bonds. The molecule has 0 spiro atoms. The van der Waals surface area contributed by atoms with Gasteiger partial charge in [-0.2, -0.15) is 0 Å². The van der Waals surface area contributed by atoms with Crippen molar-refractivity contribution in [3.63, 3.8) is 0 Å². The molecule has 40 heavy (non-hydrogen) atoms. The first kappa shape index (κ1) is 25.8. The van der Waals surface area contributed by atoms with E-state index in [1.165, 1.54) is 28.0 Å². The zero-order valence-corrected chi connectivity index (χ0v) is 22.8. The fourth-order valence-corrected chi connectivity index (χ4v) is 5.49. The number of ether oxygens (including phenoxy) is 2. The van der Waals surface area contributed by atoms with Crippen molar-refractivity contribution in [3.8, 4) is 5.75 Å². The first-order valence-electron chi connectivity index (χ1n) is 14.1. The van der Waals surface area contributed by atoms with Crippen LogP contribution in [-0.4, -0.2) is 35.2 Å². The fraction of sp³-hybridized carbons (Fsp3) is 0.229. The number of nitrogens with zero attached hydrogens (tertiary/aromatic N) is 2. The summed E-state index contributed by atoms with van der Waals surface area (Å²) in [6, 6.07) is 29.4. The second kappa shape index (κ2) is 11.7. The van der Waals surface area contributed by atoms with Crippen molar-refractivity contribution in [2.24, 2.45) is 0 Å². The number of carbonyl (C=O) groups excluding carboxylic acids is 1. The van der Waals surface area contributed by atoms with E-state index in [0.717, 1.165) is 36.0 Å². The van der Waals surface area contributed by atoms with Gasteiger partial charge in [0.05, 0.1) is 18.7 Å².